The monoisotopic (exact) mass is 401 g/mol. The van der Waals surface area contributed by atoms with Crippen LogP contribution in [0.1, 0.15) is 29.7 Å². The lowest BCUT2D eigenvalue weighted by atomic mass is 10.1. The highest BCUT2D eigenvalue weighted by Crippen LogP contribution is 2.28. The molecular formula is C25H27N3O2. The Hall–Kier alpha value is -3.15. The summed E-state index contributed by atoms with van der Waals surface area (Å²) in [4.78, 5) is 7.45. The maximum Gasteiger partial charge on any atom is 0.143 e. The van der Waals surface area contributed by atoms with Crippen molar-refractivity contribution in [3.63, 3.8) is 0 Å². The minimum Gasteiger partial charge on any atom is -0.487 e. The van der Waals surface area contributed by atoms with Crippen molar-refractivity contribution >= 4 is 10.9 Å². The van der Waals surface area contributed by atoms with Gasteiger partial charge in [-0.2, -0.15) is 0 Å². The summed E-state index contributed by atoms with van der Waals surface area (Å²) in [7, 11) is 0. The summed E-state index contributed by atoms with van der Waals surface area (Å²) in [6, 6.07) is 20.3. The summed E-state index contributed by atoms with van der Waals surface area (Å²) in [5.74, 6) is 0.857. The van der Waals surface area contributed by atoms with Crippen LogP contribution in [0.3, 0.4) is 0 Å². The van der Waals surface area contributed by atoms with Gasteiger partial charge in [-0.3, -0.25) is 4.98 Å². The molecule has 0 amide bonds. The number of nitrogens with zero attached hydrogens (tertiary/aromatic N) is 1. The van der Waals surface area contributed by atoms with Gasteiger partial charge in [0.1, 0.15) is 12.4 Å². The van der Waals surface area contributed by atoms with Crippen molar-refractivity contribution < 1.29 is 9.84 Å². The fourth-order valence-electron chi connectivity index (χ4n) is 3.61. The van der Waals surface area contributed by atoms with Crippen LogP contribution >= 0.6 is 0 Å². The number of aliphatic hydroxyl groups excluding tert-OH is 1. The van der Waals surface area contributed by atoms with Gasteiger partial charge in [0.25, 0.3) is 0 Å². The zero-order valence-electron chi connectivity index (χ0n) is 17.1. The number of pyridine rings is 1. The minimum absolute atomic E-state index is 0.212. The number of ether oxygens (including phenoxy) is 1. The summed E-state index contributed by atoms with van der Waals surface area (Å²) >= 11 is 0. The molecule has 0 spiro atoms. The lowest BCUT2D eigenvalue weighted by molar-refractivity contribution is 0.170. The lowest BCUT2D eigenvalue weighted by Crippen LogP contribution is -2.32. The normalized spacial score (nSPS) is 13.3. The molecule has 0 saturated carbocycles. The average molecular weight is 402 g/mol. The van der Waals surface area contributed by atoms with Gasteiger partial charge in [0, 0.05) is 42.1 Å². The van der Waals surface area contributed by atoms with Crippen LogP contribution in [-0.4, -0.2) is 27.7 Å². The second-order valence-corrected chi connectivity index (χ2v) is 7.58. The maximum absolute atomic E-state index is 10.3. The predicted molar refractivity (Wildman–Crippen MR) is 119 cm³/mol. The van der Waals surface area contributed by atoms with E-state index < -0.39 is 6.10 Å². The van der Waals surface area contributed by atoms with Crippen molar-refractivity contribution in [2.75, 3.05) is 6.54 Å². The lowest BCUT2D eigenvalue weighted by Gasteiger charge is -2.17. The number of para-hydroxylation sites is 1. The van der Waals surface area contributed by atoms with Gasteiger partial charge in [0.2, 0.25) is 0 Å². The van der Waals surface area contributed by atoms with Crippen molar-refractivity contribution in [2.45, 2.75) is 32.1 Å². The molecule has 2 aromatic heterocycles. The van der Waals surface area contributed by atoms with E-state index in [1.54, 1.807) is 12.4 Å². The number of H-pyrrole nitrogens is 1. The highest BCUT2D eigenvalue weighted by Gasteiger charge is 2.13. The molecule has 4 aromatic rings. The molecule has 5 heteroatoms. The molecule has 0 saturated heterocycles. The van der Waals surface area contributed by atoms with Crippen molar-refractivity contribution in [2.24, 2.45) is 0 Å². The van der Waals surface area contributed by atoms with Crippen LogP contribution in [0.5, 0.6) is 5.75 Å². The number of benzene rings is 2. The van der Waals surface area contributed by atoms with E-state index in [0.717, 1.165) is 28.8 Å². The van der Waals surface area contributed by atoms with E-state index in [1.165, 1.54) is 10.9 Å². The van der Waals surface area contributed by atoms with E-state index in [4.69, 9.17) is 4.74 Å². The SMILES string of the molecule is C[C@H](Cc1c[nH]c2c(OCc3ccccc3)cccc12)NC[C@H](O)c1cccnc1. The molecule has 0 aliphatic rings. The van der Waals surface area contributed by atoms with E-state index in [0.29, 0.717) is 13.2 Å². The second-order valence-electron chi connectivity index (χ2n) is 7.58. The largest absolute Gasteiger partial charge is 0.487 e. The van der Waals surface area contributed by atoms with Crippen LogP contribution in [0.2, 0.25) is 0 Å². The van der Waals surface area contributed by atoms with Crippen molar-refractivity contribution in [1.29, 1.82) is 0 Å². The van der Waals surface area contributed by atoms with E-state index in [9.17, 15) is 5.11 Å². The Morgan fingerprint density at radius 3 is 2.73 bits per heavy atom. The third-order valence-electron chi connectivity index (χ3n) is 5.26. The zero-order chi connectivity index (χ0) is 20.8. The number of hydrogen-bond acceptors (Lipinski definition) is 4. The number of aromatic amines is 1. The molecule has 0 aliphatic heterocycles. The predicted octanol–water partition coefficient (Wildman–Crippen LogP) is 4.40. The Bertz CT molecular complexity index is 1060. The maximum atomic E-state index is 10.3. The Balaban J connectivity index is 1.38. The first-order chi connectivity index (χ1) is 14.7. The first kappa shape index (κ1) is 20.1. The Morgan fingerprint density at radius 2 is 1.93 bits per heavy atom. The number of nitrogens with one attached hydrogen (secondary N) is 2. The minimum atomic E-state index is -0.567. The van der Waals surface area contributed by atoms with Gasteiger partial charge in [0.15, 0.2) is 0 Å². The van der Waals surface area contributed by atoms with Crippen LogP contribution in [0.25, 0.3) is 10.9 Å². The van der Waals surface area contributed by atoms with Gasteiger partial charge < -0.3 is 20.1 Å². The Labute approximate surface area is 176 Å². The summed E-state index contributed by atoms with van der Waals surface area (Å²) in [5, 5.41) is 14.9. The van der Waals surface area contributed by atoms with Crippen LogP contribution in [0, 0.1) is 0 Å². The van der Waals surface area contributed by atoms with Crippen LogP contribution in [-0.2, 0) is 13.0 Å². The van der Waals surface area contributed by atoms with Crippen molar-refractivity contribution in [1.82, 2.24) is 15.3 Å². The molecule has 4 rings (SSSR count). The molecule has 2 heterocycles. The summed E-state index contributed by atoms with van der Waals surface area (Å²) in [6.07, 6.45) is 5.74. The van der Waals surface area contributed by atoms with Gasteiger partial charge in [-0.15, -0.1) is 0 Å². The molecule has 0 fully saturated rings. The van der Waals surface area contributed by atoms with Crippen LogP contribution < -0.4 is 10.1 Å². The number of hydrogen-bond donors (Lipinski definition) is 3. The molecular weight excluding hydrogens is 374 g/mol. The summed E-state index contributed by atoms with van der Waals surface area (Å²) in [5.41, 5.74) is 4.22. The summed E-state index contributed by atoms with van der Waals surface area (Å²) in [6.45, 7) is 3.16. The third-order valence-corrected chi connectivity index (χ3v) is 5.26. The van der Waals surface area contributed by atoms with E-state index >= 15 is 0 Å². The second kappa shape index (κ2) is 9.57. The molecule has 2 atom stereocenters. The fourth-order valence-corrected chi connectivity index (χ4v) is 3.61. The number of aromatic nitrogens is 2. The molecule has 30 heavy (non-hydrogen) atoms. The van der Waals surface area contributed by atoms with Crippen molar-refractivity contribution in [3.8, 4) is 5.75 Å². The Kier molecular flexibility index (Phi) is 6.42. The van der Waals surface area contributed by atoms with E-state index in [1.807, 2.05) is 42.5 Å². The molecule has 0 bridgehead atoms. The quantitative estimate of drug-likeness (QED) is 0.389. The number of rotatable bonds is 9. The number of fused-ring (bicyclic) bond motifs is 1. The molecule has 3 N–H and O–H groups in total. The fraction of sp³-hybridized carbons (Fsp3) is 0.240. The molecule has 5 nitrogen and oxygen atoms in total. The number of aliphatic hydroxyl groups is 1. The topological polar surface area (TPSA) is 70.2 Å². The molecule has 0 aliphatic carbocycles. The molecule has 0 unspecified atom stereocenters. The standard InChI is InChI=1S/C25H27N3O2/c1-18(27-16-23(29)20-9-6-12-26-14-20)13-21-15-28-25-22(21)10-5-11-24(25)30-17-19-7-3-2-4-8-19/h2-12,14-15,18,23,27-29H,13,16-17H2,1H3/t18-,23+/m1/s1. The van der Waals surface area contributed by atoms with E-state index in [2.05, 4.69) is 46.6 Å². The van der Waals surface area contributed by atoms with Gasteiger partial charge in [-0.05, 0) is 36.6 Å². The van der Waals surface area contributed by atoms with Gasteiger partial charge in [-0.1, -0.05) is 48.5 Å². The first-order valence-corrected chi connectivity index (χ1v) is 10.3. The van der Waals surface area contributed by atoms with Crippen LogP contribution in [0.4, 0.5) is 0 Å². The zero-order valence-corrected chi connectivity index (χ0v) is 17.1. The molecule has 154 valence electrons. The third kappa shape index (κ3) is 4.87. The molecule has 2 aromatic carbocycles. The average Bonchev–Trinajstić information content (AvgIpc) is 3.20. The van der Waals surface area contributed by atoms with Gasteiger partial charge in [0.05, 0.1) is 11.6 Å². The summed E-state index contributed by atoms with van der Waals surface area (Å²) < 4.78 is 6.07. The first-order valence-electron chi connectivity index (χ1n) is 10.3. The van der Waals surface area contributed by atoms with Gasteiger partial charge >= 0.3 is 0 Å². The van der Waals surface area contributed by atoms with Crippen LogP contribution in [0.15, 0.2) is 79.3 Å². The highest BCUT2D eigenvalue weighted by atomic mass is 16.5. The van der Waals surface area contributed by atoms with Crippen molar-refractivity contribution in [3.05, 3.63) is 95.9 Å². The molecule has 0 radical (unpaired) electrons. The highest BCUT2D eigenvalue weighted by molar-refractivity contribution is 5.88. The smallest absolute Gasteiger partial charge is 0.143 e. The van der Waals surface area contributed by atoms with Gasteiger partial charge in [-0.25, -0.2) is 0 Å². The Morgan fingerprint density at radius 1 is 1.07 bits per heavy atom. The van der Waals surface area contributed by atoms with E-state index in [-0.39, 0.29) is 6.04 Å².